The number of benzene rings is 1. The fourth-order valence-electron chi connectivity index (χ4n) is 1.69. The molecule has 0 spiro atoms. The molecule has 0 aliphatic rings. The average molecular weight is 299 g/mol. The van der Waals surface area contributed by atoms with Gasteiger partial charge in [-0.15, -0.1) is 0 Å². The van der Waals surface area contributed by atoms with Crippen molar-refractivity contribution in [3.8, 4) is 5.69 Å². The molecule has 0 saturated heterocycles. The van der Waals surface area contributed by atoms with Gasteiger partial charge in [-0.05, 0) is 31.2 Å². The highest BCUT2D eigenvalue weighted by Gasteiger charge is 2.33. The van der Waals surface area contributed by atoms with E-state index >= 15 is 0 Å². The molecule has 0 fully saturated rings. The Kier molecular flexibility index (Phi) is 3.88. The van der Waals surface area contributed by atoms with Crippen LogP contribution >= 0.6 is 0 Å². The molecule has 0 aliphatic heterocycles. The van der Waals surface area contributed by atoms with Crippen LogP contribution in [-0.2, 0) is 10.9 Å². The Hall–Kier alpha value is -2.51. The number of carbonyl (C=O) groups is 1. The average Bonchev–Trinajstić information content (AvgIpc) is 2.89. The summed E-state index contributed by atoms with van der Waals surface area (Å²) in [7, 11) is 0. The molecule has 21 heavy (non-hydrogen) atoms. The summed E-state index contributed by atoms with van der Waals surface area (Å²) in [5.74, 6) is -0.582. The number of hydrogen-bond acceptors (Lipinski definition) is 4. The van der Waals surface area contributed by atoms with Gasteiger partial charge < -0.3 is 10.5 Å². The van der Waals surface area contributed by atoms with Gasteiger partial charge >= 0.3 is 12.1 Å². The standard InChI is InChI=1S/C13H12F3N3O2/c1-2-21-12(20)8-3-4-9(17)10(7-8)19-6-5-11(18-19)13(14,15)16/h3-7H,2,17H2,1H3. The van der Waals surface area contributed by atoms with E-state index in [0.717, 1.165) is 16.9 Å². The summed E-state index contributed by atoms with van der Waals surface area (Å²) in [6.45, 7) is 1.84. The maximum Gasteiger partial charge on any atom is 0.435 e. The van der Waals surface area contributed by atoms with Crippen molar-refractivity contribution in [3.63, 3.8) is 0 Å². The van der Waals surface area contributed by atoms with E-state index in [-0.39, 0.29) is 23.5 Å². The highest BCUT2D eigenvalue weighted by Crippen LogP contribution is 2.28. The first-order chi connectivity index (χ1) is 9.82. The summed E-state index contributed by atoms with van der Waals surface area (Å²) in [4.78, 5) is 11.6. The number of rotatable bonds is 3. The molecule has 0 bridgehead atoms. The lowest BCUT2D eigenvalue weighted by Gasteiger charge is -2.09. The van der Waals surface area contributed by atoms with Crippen LogP contribution in [-0.4, -0.2) is 22.4 Å². The fraction of sp³-hybridized carbons (Fsp3) is 0.231. The van der Waals surface area contributed by atoms with E-state index in [2.05, 4.69) is 5.10 Å². The molecule has 0 unspecified atom stereocenters. The third-order valence-corrected chi connectivity index (χ3v) is 2.67. The Labute approximate surface area is 118 Å². The number of carbonyl (C=O) groups excluding carboxylic acids is 1. The molecule has 112 valence electrons. The van der Waals surface area contributed by atoms with Crippen LogP contribution in [0.15, 0.2) is 30.5 Å². The van der Waals surface area contributed by atoms with Crippen molar-refractivity contribution in [2.45, 2.75) is 13.1 Å². The third-order valence-electron chi connectivity index (χ3n) is 2.67. The zero-order valence-electron chi connectivity index (χ0n) is 11.0. The maximum absolute atomic E-state index is 12.5. The minimum Gasteiger partial charge on any atom is -0.462 e. The molecule has 1 aromatic carbocycles. The summed E-state index contributed by atoms with van der Waals surface area (Å²) < 4.78 is 43.4. The highest BCUT2D eigenvalue weighted by atomic mass is 19.4. The van der Waals surface area contributed by atoms with E-state index in [4.69, 9.17) is 10.5 Å². The largest absolute Gasteiger partial charge is 0.462 e. The Morgan fingerprint density at radius 3 is 2.67 bits per heavy atom. The molecule has 0 aliphatic carbocycles. The van der Waals surface area contributed by atoms with E-state index in [9.17, 15) is 18.0 Å². The summed E-state index contributed by atoms with van der Waals surface area (Å²) in [5, 5.41) is 3.42. The van der Waals surface area contributed by atoms with Gasteiger partial charge in [0.2, 0.25) is 0 Å². The zero-order chi connectivity index (χ0) is 15.6. The van der Waals surface area contributed by atoms with E-state index in [0.29, 0.717) is 0 Å². The Balaban J connectivity index is 2.41. The SMILES string of the molecule is CCOC(=O)c1ccc(N)c(-n2ccc(C(F)(F)F)n2)c1. The van der Waals surface area contributed by atoms with Gasteiger partial charge in [-0.1, -0.05) is 0 Å². The first kappa shape index (κ1) is 14.9. The molecule has 0 radical (unpaired) electrons. The summed E-state index contributed by atoms with van der Waals surface area (Å²) >= 11 is 0. The second kappa shape index (κ2) is 5.47. The molecule has 1 aromatic heterocycles. The first-order valence-electron chi connectivity index (χ1n) is 6.03. The van der Waals surface area contributed by atoms with Gasteiger partial charge in [-0.2, -0.15) is 18.3 Å². The van der Waals surface area contributed by atoms with Gasteiger partial charge in [-0.25, -0.2) is 9.48 Å². The molecular formula is C13H12F3N3O2. The molecule has 0 amide bonds. The second-order valence-corrected chi connectivity index (χ2v) is 4.14. The number of esters is 1. The molecular weight excluding hydrogens is 287 g/mol. The van der Waals surface area contributed by atoms with Crippen molar-refractivity contribution in [1.82, 2.24) is 9.78 Å². The summed E-state index contributed by atoms with van der Waals surface area (Å²) in [5.41, 5.74) is 5.24. The van der Waals surface area contributed by atoms with Crippen molar-refractivity contribution in [2.24, 2.45) is 0 Å². The number of aromatic nitrogens is 2. The van der Waals surface area contributed by atoms with Gasteiger partial charge in [0.1, 0.15) is 0 Å². The van der Waals surface area contributed by atoms with Crippen LogP contribution < -0.4 is 5.73 Å². The lowest BCUT2D eigenvalue weighted by molar-refractivity contribution is -0.141. The van der Waals surface area contributed by atoms with Crippen molar-refractivity contribution in [2.75, 3.05) is 12.3 Å². The Bertz CT molecular complexity index is 665. The number of ether oxygens (including phenoxy) is 1. The summed E-state index contributed by atoms with van der Waals surface area (Å²) in [6.07, 6.45) is -3.41. The van der Waals surface area contributed by atoms with E-state index in [1.165, 1.54) is 18.2 Å². The zero-order valence-corrected chi connectivity index (χ0v) is 11.0. The molecule has 2 rings (SSSR count). The normalized spacial score (nSPS) is 11.4. The molecule has 5 nitrogen and oxygen atoms in total. The molecule has 0 saturated carbocycles. The van der Waals surface area contributed by atoms with E-state index < -0.39 is 17.8 Å². The van der Waals surface area contributed by atoms with Crippen LogP contribution in [0, 0.1) is 0 Å². The number of nitrogens with zero attached hydrogens (tertiary/aromatic N) is 2. The topological polar surface area (TPSA) is 70.1 Å². The number of anilines is 1. The lowest BCUT2D eigenvalue weighted by atomic mass is 10.2. The quantitative estimate of drug-likeness (QED) is 0.698. The van der Waals surface area contributed by atoms with E-state index in [1.54, 1.807) is 6.92 Å². The first-order valence-corrected chi connectivity index (χ1v) is 6.03. The van der Waals surface area contributed by atoms with Crippen molar-refractivity contribution in [3.05, 3.63) is 41.7 Å². The van der Waals surface area contributed by atoms with Gasteiger partial charge in [0, 0.05) is 6.20 Å². The number of nitrogens with two attached hydrogens (primary N) is 1. The predicted molar refractivity (Wildman–Crippen MR) is 68.9 cm³/mol. The Morgan fingerprint density at radius 2 is 2.10 bits per heavy atom. The van der Waals surface area contributed by atoms with Crippen LogP contribution in [0.4, 0.5) is 18.9 Å². The number of nitrogen functional groups attached to an aromatic ring is 1. The third kappa shape index (κ3) is 3.15. The summed E-state index contributed by atoms with van der Waals surface area (Å²) in [6, 6.07) is 5.01. The van der Waals surface area contributed by atoms with Gasteiger partial charge in [-0.3, -0.25) is 0 Å². The maximum atomic E-state index is 12.5. The minimum atomic E-state index is -4.54. The highest BCUT2D eigenvalue weighted by molar-refractivity contribution is 5.91. The van der Waals surface area contributed by atoms with Crippen LogP contribution in [0.5, 0.6) is 0 Å². The number of hydrogen-bond donors (Lipinski definition) is 1. The van der Waals surface area contributed by atoms with Gasteiger partial charge in [0.05, 0.1) is 23.5 Å². The minimum absolute atomic E-state index is 0.177. The van der Waals surface area contributed by atoms with Crippen molar-refractivity contribution >= 4 is 11.7 Å². The van der Waals surface area contributed by atoms with Crippen LogP contribution in [0.25, 0.3) is 5.69 Å². The Morgan fingerprint density at radius 1 is 1.38 bits per heavy atom. The number of alkyl halides is 3. The van der Waals surface area contributed by atoms with E-state index in [1.807, 2.05) is 0 Å². The van der Waals surface area contributed by atoms with Crippen molar-refractivity contribution < 1.29 is 22.7 Å². The monoisotopic (exact) mass is 299 g/mol. The molecule has 2 aromatic rings. The van der Waals surface area contributed by atoms with Crippen LogP contribution in [0.1, 0.15) is 23.0 Å². The van der Waals surface area contributed by atoms with Gasteiger partial charge in [0.15, 0.2) is 5.69 Å². The van der Waals surface area contributed by atoms with Crippen LogP contribution in [0.2, 0.25) is 0 Å². The fourth-order valence-corrected chi connectivity index (χ4v) is 1.69. The molecule has 2 N–H and O–H groups in total. The smallest absolute Gasteiger partial charge is 0.435 e. The molecule has 8 heteroatoms. The predicted octanol–water partition coefficient (Wildman–Crippen LogP) is 2.65. The lowest BCUT2D eigenvalue weighted by Crippen LogP contribution is -2.10. The van der Waals surface area contributed by atoms with Crippen molar-refractivity contribution in [1.29, 1.82) is 0 Å². The second-order valence-electron chi connectivity index (χ2n) is 4.14. The number of halogens is 3. The molecule has 1 heterocycles. The van der Waals surface area contributed by atoms with Crippen LogP contribution in [0.3, 0.4) is 0 Å². The van der Waals surface area contributed by atoms with Gasteiger partial charge in [0.25, 0.3) is 0 Å². The molecule has 0 atom stereocenters.